The molecule has 0 amide bonds. The predicted molar refractivity (Wildman–Crippen MR) is 74.8 cm³/mol. The van der Waals surface area contributed by atoms with E-state index in [2.05, 4.69) is 34.2 Å². The first-order chi connectivity index (χ1) is 9.36. The van der Waals surface area contributed by atoms with Gasteiger partial charge < -0.3 is 4.98 Å². The molecule has 0 aliphatic rings. The lowest BCUT2D eigenvalue weighted by molar-refractivity contribution is 0.111. The molecular formula is C16H12N2O. The van der Waals surface area contributed by atoms with Crippen LogP contribution in [0.15, 0.2) is 60.8 Å². The molecule has 3 nitrogen and oxygen atoms in total. The summed E-state index contributed by atoms with van der Waals surface area (Å²) in [6.45, 7) is 0. The molecule has 3 heteroatoms. The van der Waals surface area contributed by atoms with Crippen LogP contribution < -0.4 is 0 Å². The van der Waals surface area contributed by atoms with E-state index in [4.69, 9.17) is 0 Å². The second-order valence-corrected chi connectivity index (χ2v) is 4.24. The average Bonchev–Trinajstić information content (AvgIpc) is 2.97. The first-order valence-electron chi connectivity index (χ1n) is 6.03. The van der Waals surface area contributed by atoms with Crippen LogP contribution in [0.25, 0.3) is 22.4 Å². The number of H-pyrrole nitrogens is 1. The van der Waals surface area contributed by atoms with Crippen LogP contribution in [0.2, 0.25) is 0 Å². The number of nitrogens with zero attached hydrogens (tertiary/aromatic N) is 1. The summed E-state index contributed by atoms with van der Waals surface area (Å²) in [6.07, 6.45) is 2.38. The molecule has 0 saturated carbocycles. The third kappa shape index (κ3) is 2.31. The first kappa shape index (κ1) is 11.4. The number of imidazole rings is 1. The van der Waals surface area contributed by atoms with E-state index in [0.29, 0.717) is 12.1 Å². The Bertz CT molecular complexity index is 684. The number of hydrogen-bond acceptors (Lipinski definition) is 2. The van der Waals surface area contributed by atoms with E-state index in [1.807, 2.05) is 30.3 Å². The molecule has 0 atom stereocenters. The maximum atomic E-state index is 10.6. The van der Waals surface area contributed by atoms with Crippen LogP contribution in [0, 0.1) is 0 Å². The zero-order valence-electron chi connectivity index (χ0n) is 10.2. The number of carbonyl (C=O) groups excluding carboxylic acids is 1. The summed E-state index contributed by atoms with van der Waals surface area (Å²) in [6, 6.07) is 18.4. The maximum Gasteiger partial charge on any atom is 0.185 e. The van der Waals surface area contributed by atoms with Gasteiger partial charge in [-0.25, -0.2) is 4.98 Å². The largest absolute Gasteiger partial charge is 0.336 e. The summed E-state index contributed by atoms with van der Waals surface area (Å²) in [7, 11) is 0. The second-order valence-electron chi connectivity index (χ2n) is 4.24. The number of hydrogen-bond donors (Lipinski definition) is 1. The van der Waals surface area contributed by atoms with Gasteiger partial charge in [0, 0.05) is 0 Å². The second kappa shape index (κ2) is 4.90. The van der Waals surface area contributed by atoms with Gasteiger partial charge in [0.05, 0.1) is 11.9 Å². The number of aromatic nitrogens is 2. The van der Waals surface area contributed by atoms with Crippen LogP contribution in [0.3, 0.4) is 0 Å². The van der Waals surface area contributed by atoms with Crippen molar-refractivity contribution in [2.24, 2.45) is 0 Å². The fourth-order valence-corrected chi connectivity index (χ4v) is 2.02. The molecule has 2 aromatic carbocycles. The number of benzene rings is 2. The summed E-state index contributed by atoms with van der Waals surface area (Å²) < 4.78 is 0. The van der Waals surface area contributed by atoms with E-state index in [1.54, 1.807) is 6.20 Å². The fraction of sp³-hybridized carbons (Fsp3) is 0. The minimum absolute atomic E-state index is 0.349. The lowest BCUT2D eigenvalue weighted by Crippen LogP contribution is -1.82. The first-order valence-corrected chi connectivity index (χ1v) is 6.03. The molecule has 3 rings (SSSR count). The molecule has 0 aliphatic heterocycles. The van der Waals surface area contributed by atoms with Gasteiger partial charge in [0.15, 0.2) is 12.1 Å². The molecule has 92 valence electrons. The van der Waals surface area contributed by atoms with Crippen molar-refractivity contribution in [3.05, 3.63) is 66.6 Å². The summed E-state index contributed by atoms with van der Waals surface area (Å²) in [4.78, 5) is 17.5. The zero-order chi connectivity index (χ0) is 13.1. The fourth-order valence-electron chi connectivity index (χ4n) is 2.02. The zero-order valence-corrected chi connectivity index (χ0v) is 10.2. The molecule has 0 aliphatic carbocycles. The van der Waals surface area contributed by atoms with Crippen molar-refractivity contribution in [1.29, 1.82) is 0 Å². The molecule has 19 heavy (non-hydrogen) atoms. The van der Waals surface area contributed by atoms with Gasteiger partial charge in [-0.05, 0) is 16.7 Å². The van der Waals surface area contributed by atoms with Crippen molar-refractivity contribution >= 4 is 6.29 Å². The van der Waals surface area contributed by atoms with Gasteiger partial charge in [0.1, 0.15) is 0 Å². The Kier molecular flexibility index (Phi) is 2.94. The summed E-state index contributed by atoms with van der Waals surface area (Å²) >= 11 is 0. The highest BCUT2D eigenvalue weighted by molar-refractivity contribution is 5.73. The SMILES string of the molecule is O=Cc1ncc(-c2ccc(-c3ccccc3)cc2)[nH]1. The van der Waals surface area contributed by atoms with Gasteiger partial charge in [-0.15, -0.1) is 0 Å². The van der Waals surface area contributed by atoms with Gasteiger partial charge in [0.25, 0.3) is 0 Å². The molecule has 0 spiro atoms. The summed E-state index contributed by atoms with van der Waals surface area (Å²) in [5.74, 6) is 0.349. The van der Waals surface area contributed by atoms with Crippen LogP contribution in [0.1, 0.15) is 10.6 Å². The Balaban J connectivity index is 1.92. The van der Waals surface area contributed by atoms with Crippen LogP contribution >= 0.6 is 0 Å². The van der Waals surface area contributed by atoms with Crippen molar-refractivity contribution in [2.45, 2.75) is 0 Å². The molecule has 1 aromatic heterocycles. The highest BCUT2D eigenvalue weighted by Gasteiger charge is 2.03. The van der Waals surface area contributed by atoms with E-state index < -0.39 is 0 Å². The Morgan fingerprint density at radius 1 is 0.842 bits per heavy atom. The maximum absolute atomic E-state index is 10.6. The standard InChI is InChI=1S/C16H12N2O/c19-11-16-17-10-15(18-16)14-8-6-13(7-9-14)12-4-2-1-3-5-12/h1-11H,(H,17,18). The van der Waals surface area contributed by atoms with E-state index >= 15 is 0 Å². The van der Waals surface area contributed by atoms with Gasteiger partial charge >= 0.3 is 0 Å². The lowest BCUT2D eigenvalue weighted by Gasteiger charge is -2.03. The molecule has 1 N–H and O–H groups in total. The Labute approximate surface area is 111 Å². The Hall–Kier alpha value is -2.68. The summed E-state index contributed by atoms with van der Waals surface area (Å²) in [5.41, 5.74) is 4.22. The lowest BCUT2D eigenvalue weighted by atomic mass is 10.0. The van der Waals surface area contributed by atoms with E-state index in [0.717, 1.165) is 11.3 Å². The highest BCUT2D eigenvalue weighted by Crippen LogP contribution is 2.23. The van der Waals surface area contributed by atoms with Crippen LogP contribution in [-0.2, 0) is 0 Å². The van der Waals surface area contributed by atoms with Crippen LogP contribution in [0.5, 0.6) is 0 Å². The third-order valence-electron chi connectivity index (χ3n) is 3.01. The minimum Gasteiger partial charge on any atom is -0.336 e. The molecule has 0 radical (unpaired) electrons. The average molecular weight is 248 g/mol. The molecule has 0 fully saturated rings. The van der Waals surface area contributed by atoms with E-state index in [-0.39, 0.29) is 0 Å². The molecule has 3 aromatic rings. The van der Waals surface area contributed by atoms with Crippen molar-refractivity contribution in [1.82, 2.24) is 9.97 Å². The number of rotatable bonds is 3. The molecule has 0 unspecified atom stereocenters. The summed E-state index contributed by atoms with van der Waals surface area (Å²) in [5, 5.41) is 0. The Morgan fingerprint density at radius 2 is 1.47 bits per heavy atom. The van der Waals surface area contributed by atoms with Gasteiger partial charge in [-0.1, -0.05) is 54.6 Å². The highest BCUT2D eigenvalue weighted by atomic mass is 16.1. The van der Waals surface area contributed by atoms with E-state index in [9.17, 15) is 4.79 Å². The number of nitrogens with one attached hydrogen (secondary N) is 1. The van der Waals surface area contributed by atoms with Crippen molar-refractivity contribution < 1.29 is 4.79 Å². The van der Waals surface area contributed by atoms with Gasteiger partial charge in [-0.2, -0.15) is 0 Å². The topological polar surface area (TPSA) is 45.8 Å². The third-order valence-corrected chi connectivity index (χ3v) is 3.01. The van der Waals surface area contributed by atoms with Crippen LogP contribution in [0.4, 0.5) is 0 Å². The molecule has 1 heterocycles. The molecule has 0 saturated heterocycles. The molecule has 0 bridgehead atoms. The van der Waals surface area contributed by atoms with Crippen molar-refractivity contribution in [3.63, 3.8) is 0 Å². The quantitative estimate of drug-likeness (QED) is 0.720. The van der Waals surface area contributed by atoms with Gasteiger partial charge in [-0.3, -0.25) is 4.79 Å². The number of aldehydes is 1. The monoisotopic (exact) mass is 248 g/mol. The molecular weight excluding hydrogens is 236 g/mol. The number of aromatic amines is 1. The minimum atomic E-state index is 0.349. The van der Waals surface area contributed by atoms with E-state index in [1.165, 1.54) is 11.1 Å². The predicted octanol–water partition coefficient (Wildman–Crippen LogP) is 3.56. The smallest absolute Gasteiger partial charge is 0.185 e. The van der Waals surface area contributed by atoms with Crippen LogP contribution in [-0.4, -0.2) is 16.3 Å². The van der Waals surface area contributed by atoms with Crippen molar-refractivity contribution in [3.8, 4) is 22.4 Å². The van der Waals surface area contributed by atoms with Gasteiger partial charge in [0.2, 0.25) is 0 Å². The van der Waals surface area contributed by atoms with Crippen molar-refractivity contribution in [2.75, 3.05) is 0 Å². The normalized spacial score (nSPS) is 10.3. The number of carbonyl (C=O) groups is 1. The Morgan fingerprint density at radius 3 is 2.11 bits per heavy atom.